The van der Waals surface area contributed by atoms with Gasteiger partial charge in [0.15, 0.2) is 0 Å². The Bertz CT molecular complexity index is 505. The minimum atomic E-state index is -0.199. The van der Waals surface area contributed by atoms with Gasteiger partial charge in [0.2, 0.25) is 0 Å². The smallest absolute Gasteiger partial charge is 0.123 e. The van der Waals surface area contributed by atoms with Crippen LogP contribution < -0.4 is 10.2 Å². The Morgan fingerprint density at radius 3 is 2.86 bits per heavy atom. The van der Waals surface area contributed by atoms with E-state index in [9.17, 15) is 4.39 Å². The van der Waals surface area contributed by atoms with Gasteiger partial charge in [-0.1, -0.05) is 6.92 Å². The molecule has 0 aromatic heterocycles. The van der Waals surface area contributed by atoms with Crippen molar-refractivity contribution >= 4 is 5.69 Å². The summed E-state index contributed by atoms with van der Waals surface area (Å²) < 4.78 is 13.7. The number of halogens is 1. The summed E-state index contributed by atoms with van der Waals surface area (Å²) in [5, 5.41) is 12.3. The zero-order chi connectivity index (χ0) is 15.2. The van der Waals surface area contributed by atoms with E-state index in [1.165, 1.54) is 18.9 Å². The highest BCUT2D eigenvalue weighted by atomic mass is 19.1. The highest BCUT2D eigenvalue weighted by Gasteiger charge is 2.30. The van der Waals surface area contributed by atoms with Crippen LogP contribution in [0, 0.1) is 17.1 Å². The molecule has 2 rings (SSSR count). The van der Waals surface area contributed by atoms with E-state index in [1.54, 1.807) is 6.07 Å². The van der Waals surface area contributed by atoms with Gasteiger partial charge in [0, 0.05) is 24.3 Å². The minimum absolute atomic E-state index is 0.110. The third-order valence-corrected chi connectivity index (χ3v) is 3.92. The maximum absolute atomic E-state index is 13.7. The molecule has 0 radical (unpaired) electrons. The summed E-state index contributed by atoms with van der Waals surface area (Å²) in [6.07, 6.45) is 3.89. The molecule has 0 saturated heterocycles. The van der Waals surface area contributed by atoms with Gasteiger partial charge in [-0.3, -0.25) is 0 Å². The molecule has 1 aliphatic rings. The van der Waals surface area contributed by atoms with Crippen molar-refractivity contribution in [2.75, 3.05) is 18.0 Å². The van der Waals surface area contributed by atoms with E-state index in [0.717, 1.165) is 30.8 Å². The summed E-state index contributed by atoms with van der Waals surface area (Å²) in [7, 11) is 0. The molecule has 1 unspecified atom stereocenters. The van der Waals surface area contributed by atoms with E-state index in [1.807, 2.05) is 6.07 Å². The number of hydrogen-bond acceptors (Lipinski definition) is 3. The fourth-order valence-corrected chi connectivity index (χ4v) is 2.66. The van der Waals surface area contributed by atoms with Crippen molar-refractivity contribution in [1.82, 2.24) is 5.32 Å². The van der Waals surface area contributed by atoms with Gasteiger partial charge >= 0.3 is 0 Å². The van der Waals surface area contributed by atoms with Crippen molar-refractivity contribution in [3.05, 3.63) is 29.6 Å². The van der Waals surface area contributed by atoms with Crippen LogP contribution in [0.3, 0.4) is 0 Å². The largest absolute Gasteiger partial charge is 0.367 e. The van der Waals surface area contributed by atoms with Crippen molar-refractivity contribution in [3.8, 4) is 6.07 Å². The maximum atomic E-state index is 13.7. The topological polar surface area (TPSA) is 39.1 Å². The number of nitriles is 1. The lowest BCUT2D eigenvalue weighted by Gasteiger charge is -2.28. The number of benzene rings is 1. The Kier molecular flexibility index (Phi) is 5.58. The lowest BCUT2D eigenvalue weighted by atomic mass is 10.0. The zero-order valence-electron chi connectivity index (χ0n) is 12.9. The highest BCUT2D eigenvalue weighted by molar-refractivity contribution is 5.57. The van der Waals surface area contributed by atoms with Crippen LogP contribution in [0.15, 0.2) is 18.2 Å². The van der Waals surface area contributed by atoms with E-state index in [4.69, 9.17) is 5.26 Å². The van der Waals surface area contributed by atoms with Crippen LogP contribution in [-0.2, 0) is 0 Å². The van der Waals surface area contributed by atoms with Gasteiger partial charge in [0.1, 0.15) is 5.82 Å². The monoisotopic (exact) mass is 289 g/mol. The van der Waals surface area contributed by atoms with Crippen LogP contribution in [0.2, 0.25) is 0 Å². The summed E-state index contributed by atoms with van der Waals surface area (Å²) in [4.78, 5) is 2.28. The number of rotatable bonds is 8. The zero-order valence-corrected chi connectivity index (χ0v) is 12.9. The van der Waals surface area contributed by atoms with Crippen LogP contribution in [-0.4, -0.2) is 19.1 Å². The molecular formula is C17H24FN3. The molecule has 1 saturated carbocycles. The minimum Gasteiger partial charge on any atom is -0.367 e. The van der Waals surface area contributed by atoms with Crippen molar-refractivity contribution in [3.63, 3.8) is 0 Å². The summed E-state index contributed by atoms with van der Waals surface area (Å²) in [6.45, 7) is 5.83. The molecule has 1 aromatic carbocycles. The molecule has 3 nitrogen and oxygen atoms in total. The second-order valence-corrected chi connectivity index (χ2v) is 5.71. The summed E-state index contributed by atoms with van der Waals surface area (Å²) in [5.74, 6) is -0.199. The molecule has 1 N–H and O–H groups in total. The molecule has 21 heavy (non-hydrogen) atoms. The fraction of sp³-hybridized carbons (Fsp3) is 0.588. The molecule has 114 valence electrons. The van der Waals surface area contributed by atoms with E-state index in [-0.39, 0.29) is 11.9 Å². The SMILES string of the molecule is CCCNC(C)c1cc(F)ccc1N(CCC#N)C1CC1. The molecule has 0 bridgehead atoms. The van der Waals surface area contributed by atoms with Crippen LogP contribution in [0.25, 0.3) is 0 Å². The second kappa shape index (κ2) is 7.42. The molecule has 0 spiro atoms. The molecule has 4 heteroatoms. The van der Waals surface area contributed by atoms with Gasteiger partial charge in [0.05, 0.1) is 12.5 Å². The Morgan fingerprint density at radius 2 is 2.24 bits per heavy atom. The Labute approximate surface area is 126 Å². The van der Waals surface area contributed by atoms with Crippen LogP contribution in [0.5, 0.6) is 0 Å². The Balaban J connectivity index is 2.25. The van der Waals surface area contributed by atoms with E-state index < -0.39 is 0 Å². The van der Waals surface area contributed by atoms with Gasteiger partial charge in [-0.2, -0.15) is 5.26 Å². The normalized spacial score (nSPS) is 15.5. The molecule has 0 heterocycles. The second-order valence-electron chi connectivity index (χ2n) is 5.71. The van der Waals surface area contributed by atoms with Gasteiger partial charge in [0.25, 0.3) is 0 Å². The predicted molar refractivity (Wildman–Crippen MR) is 83.7 cm³/mol. The third kappa shape index (κ3) is 4.18. The fourth-order valence-electron chi connectivity index (χ4n) is 2.66. The molecule has 1 fully saturated rings. The van der Waals surface area contributed by atoms with Crippen molar-refractivity contribution in [2.45, 2.75) is 51.6 Å². The molecule has 1 aliphatic carbocycles. The van der Waals surface area contributed by atoms with Crippen LogP contribution >= 0.6 is 0 Å². The molecular weight excluding hydrogens is 265 g/mol. The summed E-state index contributed by atoms with van der Waals surface area (Å²) in [6, 6.07) is 7.85. The van der Waals surface area contributed by atoms with E-state index in [2.05, 4.69) is 30.1 Å². The first-order valence-electron chi connectivity index (χ1n) is 7.83. The first-order chi connectivity index (χ1) is 10.2. The highest BCUT2D eigenvalue weighted by Crippen LogP contribution is 2.36. The third-order valence-electron chi connectivity index (χ3n) is 3.92. The maximum Gasteiger partial charge on any atom is 0.123 e. The molecule has 0 amide bonds. The number of hydrogen-bond donors (Lipinski definition) is 1. The number of nitrogens with one attached hydrogen (secondary N) is 1. The van der Waals surface area contributed by atoms with Crippen molar-refractivity contribution in [2.24, 2.45) is 0 Å². The molecule has 0 aliphatic heterocycles. The Morgan fingerprint density at radius 1 is 1.48 bits per heavy atom. The number of nitrogens with zero attached hydrogens (tertiary/aromatic N) is 2. The van der Waals surface area contributed by atoms with E-state index >= 15 is 0 Å². The lowest BCUT2D eigenvalue weighted by molar-refractivity contribution is 0.560. The van der Waals surface area contributed by atoms with Crippen molar-refractivity contribution in [1.29, 1.82) is 5.26 Å². The van der Waals surface area contributed by atoms with Crippen LogP contribution in [0.1, 0.15) is 51.1 Å². The van der Waals surface area contributed by atoms with Gasteiger partial charge in [-0.05, 0) is 56.5 Å². The molecule has 1 atom stereocenters. The van der Waals surface area contributed by atoms with E-state index in [0.29, 0.717) is 12.5 Å². The summed E-state index contributed by atoms with van der Waals surface area (Å²) in [5.41, 5.74) is 2.07. The average molecular weight is 289 g/mol. The summed E-state index contributed by atoms with van der Waals surface area (Å²) >= 11 is 0. The predicted octanol–water partition coefficient (Wildman–Crippen LogP) is 3.77. The van der Waals surface area contributed by atoms with Gasteiger partial charge in [-0.15, -0.1) is 0 Å². The molecule has 1 aromatic rings. The van der Waals surface area contributed by atoms with Gasteiger partial charge in [-0.25, -0.2) is 4.39 Å². The number of anilines is 1. The Hall–Kier alpha value is -1.60. The first kappa shape index (κ1) is 15.8. The average Bonchev–Trinajstić information content (AvgIpc) is 3.31. The standard InChI is InChI=1S/C17H24FN3/c1-3-10-20-13(2)16-12-14(18)5-8-17(16)21(11-4-9-19)15-6-7-15/h5,8,12-13,15,20H,3-4,6-7,10-11H2,1-2H3. The van der Waals surface area contributed by atoms with Crippen molar-refractivity contribution < 1.29 is 4.39 Å². The first-order valence-corrected chi connectivity index (χ1v) is 7.83. The quantitative estimate of drug-likeness (QED) is 0.792. The van der Waals surface area contributed by atoms with Gasteiger partial charge < -0.3 is 10.2 Å². The lowest BCUT2D eigenvalue weighted by Crippen LogP contribution is -2.30. The van der Waals surface area contributed by atoms with Crippen LogP contribution in [0.4, 0.5) is 10.1 Å².